The predicted molar refractivity (Wildman–Crippen MR) is 287 cm³/mol. The summed E-state index contributed by atoms with van der Waals surface area (Å²) >= 11 is 0. The lowest BCUT2D eigenvalue weighted by Gasteiger charge is -2.31. The zero-order valence-electron chi connectivity index (χ0n) is 45.7. The summed E-state index contributed by atoms with van der Waals surface area (Å²) in [6.07, 6.45) is -2.29. The van der Waals surface area contributed by atoms with Gasteiger partial charge >= 0.3 is 11.9 Å². The number of hydrogen-bond acceptors (Lipinski definition) is 13. The zero-order chi connectivity index (χ0) is 59.1. The maximum atomic E-state index is 14.5. The van der Waals surface area contributed by atoms with Crippen LogP contribution in [0.15, 0.2) is 60.7 Å². The molecule has 434 valence electrons. The number of primary amides is 2. The summed E-state index contributed by atoms with van der Waals surface area (Å²) in [5.41, 5.74) is 18.5. The molecule has 0 aliphatic carbocycles. The molecule has 1 saturated heterocycles. The standard InChI is InChI=1S/C54H79N11O14/c1-29(2)24-37(60-46(70)34(55)26-32-14-9-7-10-15-32)48(72)61-38(25-30(3)4)49(73)63-40(28-44(68)69)50(74)59-36(20-22-43(57)67)53(77)65-23-13-18-41(65)52(76)58-35(19-21-42(56)66)47(71)62-39(27-33-16-11-8-12-17-33)51(75)64-45(31(5)6)54(78)79/h7-12,14-17,29-31,34-41,45H,13,18-28,55H2,1-6H3,(H2,56,66)(H2,57,67)(H,58,76)(H,59,74)(H,60,70)(H,61,72)(H,62,71)(H,63,73)(H,64,75)(H,68,69)(H,78,79)/t34-,35-,36-,37-,38-,39-,40-,41-,45-/m0/s1. The summed E-state index contributed by atoms with van der Waals surface area (Å²) in [6, 6.07) is 4.81. The molecule has 2 aromatic carbocycles. The third-order valence-corrected chi connectivity index (χ3v) is 12.9. The number of likely N-dealkylation sites (tertiary alicyclic amines) is 1. The molecule has 25 nitrogen and oxygen atoms in total. The fraction of sp³-hybridized carbons (Fsp3) is 0.556. The molecular formula is C54H79N11O14. The topological polar surface area (TPSA) is 411 Å². The molecule has 0 aromatic heterocycles. The van der Waals surface area contributed by atoms with E-state index in [1.54, 1.807) is 82.3 Å². The van der Waals surface area contributed by atoms with Crippen molar-refractivity contribution in [3.63, 3.8) is 0 Å². The Balaban J connectivity index is 1.87. The van der Waals surface area contributed by atoms with Gasteiger partial charge in [-0.2, -0.15) is 0 Å². The van der Waals surface area contributed by atoms with Crippen molar-refractivity contribution in [2.45, 2.75) is 167 Å². The lowest BCUT2D eigenvalue weighted by Crippen LogP contribution is -2.60. The molecule has 2 aromatic rings. The number of nitrogens with one attached hydrogen (secondary N) is 7. The van der Waals surface area contributed by atoms with E-state index >= 15 is 0 Å². The monoisotopic (exact) mass is 1110 g/mol. The Morgan fingerprint density at radius 1 is 0.544 bits per heavy atom. The average molecular weight is 1110 g/mol. The first-order valence-corrected chi connectivity index (χ1v) is 26.4. The number of nitrogens with two attached hydrogens (primary N) is 3. The van der Waals surface area contributed by atoms with Gasteiger partial charge in [-0.15, -0.1) is 0 Å². The summed E-state index contributed by atoms with van der Waals surface area (Å²) in [7, 11) is 0. The number of carbonyl (C=O) groups excluding carboxylic acids is 10. The normalized spacial score (nSPS) is 16.2. The van der Waals surface area contributed by atoms with Crippen molar-refractivity contribution in [2.75, 3.05) is 6.54 Å². The predicted octanol–water partition coefficient (Wildman–Crippen LogP) is -0.978. The van der Waals surface area contributed by atoms with Crippen LogP contribution in [0.3, 0.4) is 0 Å². The van der Waals surface area contributed by atoms with Gasteiger partial charge in [-0.1, -0.05) is 102 Å². The molecule has 0 saturated carbocycles. The summed E-state index contributed by atoms with van der Waals surface area (Å²) in [6.45, 7) is 10.2. The Labute approximate surface area is 459 Å². The number of carbonyl (C=O) groups is 12. The fourth-order valence-corrected chi connectivity index (χ4v) is 8.82. The number of carboxylic acids is 2. The third-order valence-electron chi connectivity index (χ3n) is 12.9. The zero-order valence-corrected chi connectivity index (χ0v) is 45.7. The van der Waals surface area contributed by atoms with Gasteiger partial charge in [0.05, 0.1) is 12.5 Å². The Hall–Kier alpha value is -7.96. The number of nitrogens with zero attached hydrogens (tertiary/aromatic N) is 1. The summed E-state index contributed by atoms with van der Waals surface area (Å²) < 4.78 is 0. The molecule has 15 N–H and O–H groups in total. The van der Waals surface area contributed by atoms with Crippen LogP contribution in [0.1, 0.15) is 110 Å². The minimum atomic E-state index is -1.88. The van der Waals surface area contributed by atoms with Crippen LogP contribution in [0.2, 0.25) is 0 Å². The fourth-order valence-electron chi connectivity index (χ4n) is 8.82. The molecule has 1 aliphatic rings. The van der Waals surface area contributed by atoms with Crippen LogP contribution >= 0.6 is 0 Å². The van der Waals surface area contributed by atoms with Crippen LogP contribution < -0.4 is 54.4 Å². The molecule has 0 spiro atoms. The Kier molecular flexibility index (Phi) is 26.5. The molecule has 0 radical (unpaired) electrons. The van der Waals surface area contributed by atoms with Crippen LogP contribution in [0.25, 0.3) is 0 Å². The van der Waals surface area contributed by atoms with E-state index in [0.717, 1.165) is 10.5 Å². The maximum Gasteiger partial charge on any atom is 0.326 e. The lowest BCUT2D eigenvalue weighted by atomic mass is 9.99. The first kappa shape index (κ1) is 65.3. The highest BCUT2D eigenvalue weighted by Crippen LogP contribution is 2.21. The van der Waals surface area contributed by atoms with Crippen molar-refractivity contribution in [2.24, 2.45) is 35.0 Å². The van der Waals surface area contributed by atoms with E-state index in [0.29, 0.717) is 5.56 Å². The molecule has 79 heavy (non-hydrogen) atoms. The quantitative estimate of drug-likeness (QED) is 0.0409. The molecule has 0 unspecified atom stereocenters. The van der Waals surface area contributed by atoms with Gasteiger partial charge in [0, 0.05) is 25.8 Å². The van der Waals surface area contributed by atoms with Crippen molar-refractivity contribution < 1.29 is 67.7 Å². The van der Waals surface area contributed by atoms with E-state index < -0.39 is 157 Å². The SMILES string of the molecule is CC(C)C[C@H](NC(=O)[C@H](CC(C)C)NC(=O)[C@@H](N)Cc1ccccc1)C(=O)N[C@@H](CC(=O)O)C(=O)N[C@@H](CCC(N)=O)C(=O)N1CCC[C@H]1C(=O)N[C@@H](CCC(N)=O)C(=O)N[C@@H](Cc1ccccc1)C(=O)N[C@H](C(=O)O)C(C)C. The number of benzene rings is 2. The summed E-state index contributed by atoms with van der Waals surface area (Å²) in [4.78, 5) is 161. The largest absolute Gasteiger partial charge is 0.481 e. The number of aliphatic carboxylic acids is 2. The van der Waals surface area contributed by atoms with E-state index in [2.05, 4.69) is 37.2 Å². The maximum absolute atomic E-state index is 14.5. The minimum absolute atomic E-state index is 0.00680. The molecular weight excluding hydrogens is 1030 g/mol. The van der Waals surface area contributed by atoms with Gasteiger partial charge in [0.25, 0.3) is 0 Å². The average Bonchev–Trinajstić information content (AvgIpc) is 3.88. The lowest BCUT2D eigenvalue weighted by molar-refractivity contribution is -0.144. The molecule has 9 atom stereocenters. The summed E-state index contributed by atoms with van der Waals surface area (Å²) in [5, 5.41) is 37.3. The number of rotatable bonds is 33. The van der Waals surface area contributed by atoms with Gasteiger partial charge in [-0.3, -0.25) is 52.7 Å². The van der Waals surface area contributed by atoms with E-state index in [9.17, 15) is 67.7 Å². The van der Waals surface area contributed by atoms with Gasteiger partial charge in [0.1, 0.15) is 48.3 Å². The first-order chi connectivity index (χ1) is 37.2. The van der Waals surface area contributed by atoms with Crippen molar-refractivity contribution in [1.82, 2.24) is 42.1 Å². The van der Waals surface area contributed by atoms with Gasteiger partial charge in [0.2, 0.25) is 59.1 Å². The molecule has 1 heterocycles. The third kappa shape index (κ3) is 22.5. The second-order valence-electron chi connectivity index (χ2n) is 21.0. The molecule has 1 aliphatic heterocycles. The minimum Gasteiger partial charge on any atom is -0.481 e. The number of amides is 10. The smallest absolute Gasteiger partial charge is 0.326 e. The second-order valence-corrected chi connectivity index (χ2v) is 21.0. The molecule has 10 amide bonds. The van der Waals surface area contributed by atoms with Crippen LogP contribution in [0.4, 0.5) is 0 Å². The van der Waals surface area contributed by atoms with Crippen molar-refractivity contribution >= 4 is 71.0 Å². The van der Waals surface area contributed by atoms with Crippen molar-refractivity contribution in [3.05, 3.63) is 71.8 Å². The van der Waals surface area contributed by atoms with Crippen LogP contribution in [-0.2, 0) is 70.4 Å². The van der Waals surface area contributed by atoms with Crippen molar-refractivity contribution in [3.8, 4) is 0 Å². The van der Waals surface area contributed by atoms with E-state index in [1.165, 1.54) is 0 Å². The van der Waals surface area contributed by atoms with Crippen LogP contribution in [0.5, 0.6) is 0 Å². The second kappa shape index (κ2) is 32.1. The number of carboxylic acid groups (broad SMARTS) is 2. The Morgan fingerprint density at radius 2 is 0.975 bits per heavy atom. The van der Waals surface area contributed by atoms with Gasteiger partial charge in [0.15, 0.2) is 0 Å². The Bertz CT molecular complexity index is 2460. The van der Waals surface area contributed by atoms with Gasteiger partial charge in [-0.05, 0) is 73.8 Å². The number of hydrogen-bond donors (Lipinski definition) is 12. The van der Waals surface area contributed by atoms with Crippen LogP contribution in [-0.4, -0.2) is 147 Å². The molecule has 0 bridgehead atoms. The van der Waals surface area contributed by atoms with Gasteiger partial charge < -0.3 is 69.5 Å². The van der Waals surface area contributed by atoms with Crippen LogP contribution in [0, 0.1) is 17.8 Å². The molecule has 25 heteroatoms. The highest BCUT2D eigenvalue weighted by atomic mass is 16.4. The molecule has 3 rings (SSSR count). The van der Waals surface area contributed by atoms with E-state index in [4.69, 9.17) is 17.2 Å². The highest BCUT2D eigenvalue weighted by Gasteiger charge is 2.41. The highest BCUT2D eigenvalue weighted by molar-refractivity contribution is 5.99. The van der Waals surface area contributed by atoms with E-state index in [-0.39, 0.29) is 63.3 Å². The Morgan fingerprint density at radius 3 is 1.46 bits per heavy atom. The van der Waals surface area contributed by atoms with Crippen molar-refractivity contribution in [1.29, 1.82) is 0 Å². The van der Waals surface area contributed by atoms with E-state index in [1.807, 2.05) is 19.9 Å². The summed E-state index contributed by atoms with van der Waals surface area (Å²) in [5.74, 6) is -12.7. The first-order valence-electron chi connectivity index (χ1n) is 26.4. The molecule has 1 fully saturated rings. The van der Waals surface area contributed by atoms with Gasteiger partial charge in [-0.25, -0.2) is 4.79 Å².